The molecule has 0 spiro atoms. The molecule has 4 aromatic rings. The van der Waals surface area contributed by atoms with Crippen molar-refractivity contribution < 1.29 is 9.57 Å². The molecule has 9 heteroatoms. The van der Waals surface area contributed by atoms with E-state index < -0.39 is 0 Å². The third-order valence-corrected chi connectivity index (χ3v) is 7.04. The SMILES string of the molecule is COc1nc(C2=NC(c3ccc4sc(C)nc4c3)C(C3CC3)ON2)ccc1-n1cnc(C)c1. The number of methoxy groups -OCH3 is 1. The van der Waals surface area contributed by atoms with Crippen LogP contribution < -0.4 is 10.2 Å². The summed E-state index contributed by atoms with van der Waals surface area (Å²) >= 11 is 1.71. The molecule has 2 unspecified atom stereocenters. The molecule has 1 aliphatic heterocycles. The minimum absolute atomic E-state index is 0.0129. The number of ether oxygens (including phenoxy) is 1. The van der Waals surface area contributed by atoms with E-state index in [1.807, 2.05) is 36.7 Å². The van der Waals surface area contributed by atoms with Crippen molar-refractivity contribution in [3.63, 3.8) is 0 Å². The highest BCUT2D eigenvalue weighted by atomic mass is 32.1. The summed E-state index contributed by atoms with van der Waals surface area (Å²) < 4.78 is 8.67. The van der Waals surface area contributed by atoms with Gasteiger partial charge in [0, 0.05) is 6.20 Å². The molecule has 1 N–H and O–H groups in total. The number of rotatable bonds is 5. The van der Waals surface area contributed by atoms with E-state index in [1.165, 1.54) is 4.70 Å². The molecule has 0 radical (unpaired) electrons. The molecule has 0 bridgehead atoms. The lowest BCUT2D eigenvalue weighted by atomic mass is 9.97. The summed E-state index contributed by atoms with van der Waals surface area (Å²) in [6, 6.07) is 10.2. The smallest absolute Gasteiger partial charge is 0.238 e. The molecule has 1 aromatic carbocycles. The zero-order chi connectivity index (χ0) is 22.5. The normalized spacial score (nSPS) is 20.5. The van der Waals surface area contributed by atoms with Gasteiger partial charge in [-0.1, -0.05) is 6.07 Å². The van der Waals surface area contributed by atoms with E-state index >= 15 is 0 Å². The number of aromatic nitrogens is 4. The molecule has 33 heavy (non-hydrogen) atoms. The number of aliphatic imine (C=N–C) groups is 1. The van der Waals surface area contributed by atoms with Gasteiger partial charge in [-0.15, -0.1) is 11.3 Å². The Balaban J connectivity index is 1.39. The van der Waals surface area contributed by atoms with E-state index in [0.717, 1.165) is 40.3 Å². The molecule has 2 atom stereocenters. The second-order valence-electron chi connectivity index (χ2n) is 8.55. The zero-order valence-electron chi connectivity index (χ0n) is 18.6. The zero-order valence-corrected chi connectivity index (χ0v) is 19.5. The monoisotopic (exact) mass is 460 g/mol. The van der Waals surface area contributed by atoms with Crippen LogP contribution in [0, 0.1) is 19.8 Å². The average molecular weight is 461 g/mol. The fourth-order valence-electron chi connectivity index (χ4n) is 4.30. The summed E-state index contributed by atoms with van der Waals surface area (Å²) in [7, 11) is 1.61. The van der Waals surface area contributed by atoms with Crippen LogP contribution in [0.4, 0.5) is 0 Å². The lowest BCUT2D eigenvalue weighted by Crippen LogP contribution is -2.40. The fourth-order valence-corrected chi connectivity index (χ4v) is 5.10. The highest BCUT2D eigenvalue weighted by Crippen LogP contribution is 2.43. The van der Waals surface area contributed by atoms with E-state index in [1.54, 1.807) is 24.8 Å². The number of nitrogens with zero attached hydrogens (tertiary/aromatic N) is 5. The second-order valence-corrected chi connectivity index (χ2v) is 9.79. The van der Waals surface area contributed by atoms with Crippen molar-refractivity contribution in [2.75, 3.05) is 7.11 Å². The summed E-state index contributed by atoms with van der Waals surface area (Å²) in [4.78, 5) is 24.9. The Hall–Kier alpha value is -3.30. The van der Waals surface area contributed by atoms with Gasteiger partial charge in [0.2, 0.25) is 5.88 Å². The summed E-state index contributed by atoms with van der Waals surface area (Å²) in [5, 5.41) is 1.07. The maximum atomic E-state index is 6.15. The molecule has 1 fully saturated rings. The molecular formula is C24H24N6O2S. The van der Waals surface area contributed by atoms with Gasteiger partial charge >= 0.3 is 0 Å². The van der Waals surface area contributed by atoms with Gasteiger partial charge in [-0.3, -0.25) is 9.83 Å². The van der Waals surface area contributed by atoms with Crippen LogP contribution in [-0.4, -0.2) is 38.6 Å². The van der Waals surface area contributed by atoms with Crippen molar-refractivity contribution in [2.45, 2.75) is 38.8 Å². The van der Waals surface area contributed by atoms with Gasteiger partial charge in [0.1, 0.15) is 23.5 Å². The van der Waals surface area contributed by atoms with Gasteiger partial charge in [0.25, 0.3) is 0 Å². The summed E-state index contributed by atoms with van der Waals surface area (Å²) in [6.07, 6.45) is 6.00. The van der Waals surface area contributed by atoms with Gasteiger partial charge < -0.3 is 9.30 Å². The number of benzene rings is 1. The van der Waals surface area contributed by atoms with Crippen molar-refractivity contribution in [1.82, 2.24) is 25.0 Å². The summed E-state index contributed by atoms with van der Waals surface area (Å²) in [5.41, 5.74) is 7.59. The Morgan fingerprint density at radius 2 is 2.03 bits per heavy atom. The Morgan fingerprint density at radius 1 is 1.15 bits per heavy atom. The molecule has 1 saturated carbocycles. The molecule has 0 saturated heterocycles. The largest absolute Gasteiger partial charge is 0.479 e. The topological polar surface area (TPSA) is 86.5 Å². The Morgan fingerprint density at radius 3 is 2.79 bits per heavy atom. The number of pyridine rings is 1. The predicted octanol–water partition coefficient (Wildman–Crippen LogP) is 4.30. The van der Waals surface area contributed by atoms with Crippen LogP contribution >= 0.6 is 11.3 Å². The molecule has 8 nitrogen and oxygen atoms in total. The van der Waals surface area contributed by atoms with Crippen LogP contribution in [0.5, 0.6) is 5.88 Å². The van der Waals surface area contributed by atoms with Gasteiger partial charge in [0.05, 0.1) is 34.4 Å². The number of hydrogen-bond donors (Lipinski definition) is 1. The minimum Gasteiger partial charge on any atom is -0.479 e. The predicted molar refractivity (Wildman–Crippen MR) is 127 cm³/mol. The van der Waals surface area contributed by atoms with Crippen LogP contribution in [0.3, 0.4) is 0 Å². The molecule has 3 aromatic heterocycles. The van der Waals surface area contributed by atoms with Crippen molar-refractivity contribution in [1.29, 1.82) is 0 Å². The van der Waals surface area contributed by atoms with Crippen molar-refractivity contribution in [3.8, 4) is 11.6 Å². The first kappa shape index (κ1) is 20.3. The second kappa shape index (κ2) is 7.93. The highest BCUT2D eigenvalue weighted by molar-refractivity contribution is 7.18. The third kappa shape index (κ3) is 3.77. The standard InChI is InChI=1S/C24H24N6O2S/c1-13-11-30(12-25-13)19-8-7-17(27-24(19)31-3)23-28-21(22(32-29-23)15-4-5-15)16-6-9-20-18(10-16)26-14(2)33-20/h6-12,15,21-22H,4-5H2,1-3H3,(H,28,29). The number of amidine groups is 1. The number of thiazole rings is 1. The average Bonchev–Trinajstić information content (AvgIpc) is 3.48. The van der Waals surface area contributed by atoms with E-state index in [9.17, 15) is 0 Å². The van der Waals surface area contributed by atoms with E-state index in [-0.39, 0.29) is 12.1 Å². The number of fused-ring (bicyclic) bond motifs is 1. The summed E-state index contributed by atoms with van der Waals surface area (Å²) in [5.74, 6) is 1.60. The number of nitrogens with one attached hydrogen (secondary N) is 1. The fraction of sp³-hybridized carbons (Fsp3) is 0.333. The molecular weight excluding hydrogens is 436 g/mol. The number of hydrogen-bond acceptors (Lipinski definition) is 8. The molecule has 168 valence electrons. The number of imidazole rings is 1. The van der Waals surface area contributed by atoms with Crippen LogP contribution in [0.25, 0.3) is 15.9 Å². The van der Waals surface area contributed by atoms with Gasteiger partial charge in [0.15, 0.2) is 5.84 Å². The Kier molecular flexibility index (Phi) is 4.88. The maximum Gasteiger partial charge on any atom is 0.238 e. The van der Waals surface area contributed by atoms with Crippen LogP contribution in [-0.2, 0) is 4.84 Å². The van der Waals surface area contributed by atoms with E-state index in [2.05, 4.69) is 33.6 Å². The molecule has 4 heterocycles. The highest BCUT2D eigenvalue weighted by Gasteiger charge is 2.41. The van der Waals surface area contributed by atoms with Gasteiger partial charge in [-0.05, 0) is 62.4 Å². The van der Waals surface area contributed by atoms with E-state index in [0.29, 0.717) is 23.3 Å². The first-order valence-electron chi connectivity index (χ1n) is 11.0. The lowest BCUT2D eigenvalue weighted by Gasteiger charge is -2.30. The van der Waals surface area contributed by atoms with Crippen molar-refractivity contribution in [3.05, 3.63) is 64.8 Å². The van der Waals surface area contributed by atoms with Crippen LogP contribution in [0.15, 0.2) is 47.8 Å². The van der Waals surface area contributed by atoms with Crippen LogP contribution in [0.2, 0.25) is 0 Å². The van der Waals surface area contributed by atoms with Gasteiger partial charge in [-0.2, -0.15) is 0 Å². The van der Waals surface area contributed by atoms with Crippen molar-refractivity contribution >= 4 is 27.4 Å². The Bertz CT molecular complexity index is 1370. The molecule has 2 aliphatic rings. The summed E-state index contributed by atoms with van der Waals surface area (Å²) in [6.45, 7) is 3.98. The molecule has 0 amide bonds. The maximum absolute atomic E-state index is 6.15. The van der Waals surface area contributed by atoms with Crippen LogP contribution in [0.1, 0.15) is 40.8 Å². The third-order valence-electron chi connectivity index (χ3n) is 6.08. The first-order valence-corrected chi connectivity index (χ1v) is 11.8. The van der Waals surface area contributed by atoms with Gasteiger partial charge in [-0.25, -0.2) is 20.4 Å². The van der Waals surface area contributed by atoms with Crippen molar-refractivity contribution in [2.24, 2.45) is 10.9 Å². The molecule has 1 aliphatic carbocycles. The molecule has 6 rings (SSSR count). The quantitative estimate of drug-likeness (QED) is 0.478. The number of aryl methyl sites for hydroxylation is 2. The van der Waals surface area contributed by atoms with E-state index in [4.69, 9.17) is 19.6 Å². The Labute approximate surface area is 195 Å². The lowest BCUT2D eigenvalue weighted by molar-refractivity contribution is -0.0292. The minimum atomic E-state index is -0.121. The first-order chi connectivity index (χ1) is 16.1. The number of hydroxylamine groups is 1.